The molecule has 0 spiro atoms. The third-order valence-corrected chi connectivity index (χ3v) is 2.62. The van der Waals surface area contributed by atoms with Gasteiger partial charge in [0.05, 0.1) is 0 Å². The van der Waals surface area contributed by atoms with E-state index in [2.05, 4.69) is 4.98 Å². The van der Waals surface area contributed by atoms with Crippen LogP contribution in [0.1, 0.15) is 5.69 Å². The average Bonchev–Trinajstić information content (AvgIpc) is 2.16. The summed E-state index contributed by atoms with van der Waals surface area (Å²) in [7, 11) is 0. The first-order valence-electron chi connectivity index (χ1n) is 4.55. The lowest BCUT2D eigenvalue weighted by Crippen LogP contribution is -1.86. The highest BCUT2D eigenvalue weighted by molar-refractivity contribution is 6.35. The van der Waals surface area contributed by atoms with E-state index in [0.29, 0.717) is 10.0 Å². The highest BCUT2D eigenvalue weighted by Gasteiger charge is 2.04. The second kappa shape index (κ2) is 4.21. The number of hydrogen-bond acceptors (Lipinski definition) is 1. The van der Waals surface area contributed by atoms with E-state index >= 15 is 0 Å². The van der Waals surface area contributed by atoms with Crippen molar-refractivity contribution in [2.75, 3.05) is 0 Å². The molecular formula is C12H9Cl2N. The minimum atomic E-state index is 0.640. The zero-order valence-electron chi connectivity index (χ0n) is 8.17. The van der Waals surface area contributed by atoms with Crippen molar-refractivity contribution < 1.29 is 0 Å². The molecule has 76 valence electrons. The predicted molar refractivity (Wildman–Crippen MR) is 64.4 cm³/mol. The zero-order valence-corrected chi connectivity index (χ0v) is 9.68. The van der Waals surface area contributed by atoms with Gasteiger partial charge in [0.25, 0.3) is 0 Å². The van der Waals surface area contributed by atoms with Crippen LogP contribution in [0.25, 0.3) is 11.1 Å². The van der Waals surface area contributed by atoms with Crippen molar-refractivity contribution in [2.45, 2.75) is 6.92 Å². The number of hydrogen-bond donors (Lipinski definition) is 0. The Bertz CT molecular complexity index is 474. The molecule has 0 saturated carbocycles. The van der Waals surface area contributed by atoms with Crippen LogP contribution in [-0.2, 0) is 0 Å². The lowest BCUT2D eigenvalue weighted by molar-refractivity contribution is 1.20. The fourth-order valence-corrected chi connectivity index (χ4v) is 2.02. The molecule has 3 heteroatoms. The van der Waals surface area contributed by atoms with Gasteiger partial charge in [0, 0.05) is 27.5 Å². The molecule has 0 bridgehead atoms. The molecule has 2 rings (SSSR count). The second-order valence-electron chi connectivity index (χ2n) is 3.29. The predicted octanol–water partition coefficient (Wildman–Crippen LogP) is 4.36. The Hall–Kier alpha value is -1.05. The third kappa shape index (κ3) is 2.31. The average molecular weight is 238 g/mol. The Kier molecular flexibility index (Phi) is 2.94. The van der Waals surface area contributed by atoms with Gasteiger partial charge in [-0.2, -0.15) is 0 Å². The molecule has 0 atom stereocenters. The van der Waals surface area contributed by atoms with Gasteiger partial charge in [-0.05, 0) is 36.8 Å². The minimum Gasteiger partial charge on any atom is -0.261 e. The van der Waals surface area contributed by atoms with E-state index in [0.717, 1.165) is 16.8 Å². The van der Waals surface area contributed by atoms with Crippen LogP contribution in [0, 0.1) is 6.92 Å². The van der Waals surface area contributed by atoms with Crippen LogP contribution in [-0.4, -0.2) is 4.98 Å². The summed E-state index contributed by atoms with van der Waals surface area (Å²) in [6.07, 6.45) is 1.77. The van der Waals surface area contributed by atoms with E-state index in [9.17, 15) is 0 Å². The summed E-state index contributed by atoms with van der Waals surface area (Å²) in [5.74, 6) is 0. The Labute approximate surface area is 98.7 Å². The van der Waals surface area contributed by atoms with Crippen LogP contribution < -0.4 is 0 Å². The number of benzene rings is 1. The second-order valence-corrected chi connectivity index (χ2v) is 4.17. The standard InChI is InChI=1S/C12H9Cl2N/c1-8-12(3-2-4-15-8)9-5-10(13)7-11(14)6-9/h2-7H,1H3. The third-order valence-electron chi connectivity index (χ3n) is 2.18. The number of aromatic nitrogens is 1. The summed E-state index contributed by atoms with van der Waals surface area (Å²) in [6, 6.07) is 9.40. The van der Waals surface area contributed by atoms with Gasteiger partial charge >= 0.3 is 0 Å². The molecule has 2 aromatic rings. The molecule has 0 fully saturated rings. The summed E-state index contributed by atoms with van der Waals surface area (Å²) >= 11 is 11.9. The van der Waals surface area contributed by atoms with E-state index < -0.39 is 0 Å². The summed E-state index contributed by atoms with van der Waals surface area (Å²) in [4.78, 5) is 4.23. The highest BCUT2D eigenvalue weighted by atomic mass is 35.5. The molecule has 0 saturated heterocycles. The van der Waals surface area contributed by atoms with Crippen LogP contribution in [0.2, 0.25) is 10.0 Å². The number of pyridine rings is 1. The minimum absolute atomic E-state index is 0.640. The van der Waals surface area contributed by atoms with Gasteiger partial charge in [0.15, 0.2) is 0 Å². The van der Waals surface area contributed by atoms with E-state index in [1.54, 1.807) is 12.3 Å². The Morgan fingerprint density at radius 1 is 1.07 bits per heavy atom. The fourth-order valence-electron chi connectivity index (χ4n) is 1.50. The first-order chi connectivity index (χ1) is 7.16. The number of rotatable bonds is 1. The van der Waals surface area contributed by atoms with Crippen molar-refractivity contribution in [3.63, 3.8) is 0 Å². The summed E-state index contributed by atoms with van der Waals surface area (Å²) < 4.78 is 0. The molecule has 1 aromatic carbocycles. The van der Waals surface area contributed by atoms with Gasteiger partial charge in [-0.15, -0.1) is 0 Å². The number of nitrogens with zero attached hydrogens (tertiary/aromatic N) is 1. The van der Waals surface area contributed by atoms with E-state index in [-0.39, 0.29) is 0 Å². The maximum absolute atomic E-state index is 5.95. The van der Waals surface area contributed by atoms with Crippen LogP contribution in [0.3, 0.4) is 0 Å². The molecular weight excluding hydrogens is 229 g/mol. The lowest BCUT2D eigenvalue weighted by atomic mass is 10.1. The first-order valence-corrected chi connectivity index (χ1v) is 5.30. The molecule has 0 aliphatic carbocycles. The SMILES string of the molecule is Cc1ncccc1-c1cc(Cl)cc(Cl)c1. The molecule has 1 nitrogen and oxygen atoms in total. The summed E-state index contributed by atoms with van der Waals surface area (Å²) in [6.45, 7) is 1.96. The molecule has 0 N–H and O–H groups in total. The van der Waals surface area contributed by atoms with Crippen molar-refractivity contribution in [1.82, 2.24) is 4.98 Å². The molecule has 1 heterocycles. The van der Waals surface area contributed by atoms with Gasteiger partial charge in [0.2, 0.25) is 0 Å². The lowest BCUT2D eigenvalue weighted by Gasteiger charge is -2.05. The quantitative estimate of drug-likeness (QED) is 0.719. The van der Waals surface area contributed by atoms with Gasteiger partial charge in [-0.25, -0.2) is 0 Å². The molecule has 15 heavy (non-hydrogen) atoms. The number of aryl methyl sites for hydroxylation is 1. The molecule has 0 amide bonds. The Morgan fingerprint density at radius 2 is 1.73 bits per heavy atom. The Balaban J connectivity index is 2.59. The normalized spacial score (nSPS) is 10.3. The first kappa shape index (κ1) is 10.5. The van der Waals surface area contributed by atoms with Crippen LogP contribution in [0.15, 0.2) is 36.5 Å². The van der Waals surface area contributed by atoms with Crippen molar-refractivity contribution in [1.29, 1.82) is 0 Å². The molecule has 0 unspecified atom stereocenters. The molecule has 0 aliphatic rings. The summed E-state index contributed by atoms with van der Waals surface area (Å²) in [5, 5.41) is 1.28. The van der Waals surface area contributed by atoms with E-state index in [4.69, 9.17) is 23.2 Å². The molecule has 0 aliphatic heterocycles. The topological polar surface area (TPSA) is 12.9 Å². The van der Waals surface area contributed by atoms with Gasteiger partial charge in [0.1, 0.15) is 0 Å². The smallest absolute Gasteiger partial charge is 0.0450 e. The van der Waals surface area contributed by atoms with Gasteiger partial charge < -0.3 is 0 Å². The van der Waals surface area contributed by atoms with E-state index in [1.165, 1.54) is 0 Å². The van der Waals surface area contributed by atoms with E-state index in [1.807, 2.05) is 31.2 Å². The van der Waals surface area contributed by atoms with Crippen LogP contribution in [0.5, 0.6) is 0 Å². The largest absolute Gasteiger partial charge is 0.261 e. The van der Waals surface area contributed by atoms with Gasteiger partial charge in [-0.1, -0.05) is 29.3 Å². The maximum Gasteiger partial charge on any atom is 0.0450 e. The molecule has 1 aromatic heterocycles. The van der Waals surface area contributed by atoms with Crippen molar-refractivity contribution >= 4 is 23.2 Å². The Morgan fingerprint density at radius 3 is 2.33 bits per heavy atom. The highest BCUT2D eigenvalue weighted by Crippen LogP contribution is 2.28. The van der Waals surface area contributed by atoms with Crippen LogP contribution in [0.4, 0.5) is 0 Å². The summed E-state index contributed by atoms with van der Waals surface area (Å²) in [5.41, 5.74) is 3.02. The van der Waals surface area contributed by atoms with Crippen molar-refractivity contribution in [2.24, 2.45) is 0 Å². The van der Waals surface area contributed by atoms with Crippen molar-refractivity contribution in [3.8, 4) is 11.1 Å². The number of halogens is 2. The fraction of sp³-hybridized carbons (Fsp3) is 0.0833. The monoisotopic (exact) mass is 237 g/mol. The van der Waals surface area contributed by atoms with Crippen molar-refractivity contribution in [3.05, 3.63) is 52.3 Å². The molecule has 0 radical (unpaired) electrons. The van der Waals surface area contributed by atoms with Gasteiger partial charge in [-0.3, -0.25) is 4.98 Å². The maximum atomic E-state index is 5.95. The zero-order chi connectivity index (χ0) is 10.8. The van der Waals surface area contributed by atoms with Crippen LogP contribution >= 0.6 is 23.2 Å².